The molecule has 1 aliphatic heterocycles. The van der Waals surface area contributed by atoms with Crippen LogP contribution in [-0.2, 0) is 0 Å². The molecule has 0 aliphatic carbocycles. The standard InChI is InChI=1S/C21H27N3O2/c1-2-20(19-8-3-4-11-24-19)26-16-7-5-6-14(12-16)21(25)15-9-10-17(22)18(23)13-15/h5-7,9-10,12-13,19-20,24H,2-4,8,11,22-23H2,1H3. The number of anilines is 2. The number of nitrogens with one attached hydrogen (secondary N) is 1. The number of piperidine rings is 1. The fraction of sp³-hybridized carbons (Fsp3) is 0.381. The lowest BCUT2D eigenvalue weighted by Crippen LogP contribution is -2.45. The third-order valence-corrected chi connectivity index (χ3v) is 4.93. The molecule has 1 heterocycles. The molecule has 0 amide bonds. The van der Waals surface area contributed by atoms with E-state index in [9.17, 15) is 4.79 Å². The molecule has 5 heteroatoms. The summed E-state index contributed by atoms with van der Waals surface area (Å²) in [5.74, 6) is 0.629. The van der Waals surface area contributed by atoms with Crippen molar-refractivity contribution in [3.8, 4) is 5.75 Å². The van der Waals surface area contributed by atoms with Crippen LogP contribution in [-0.4, -0.2) is 24.5 Å². The van der Waals surface area contributed by atoms with Gasteiger partial charge in [0.15, 0.2) is 5.78 Å². The zero-order valence-electron chi connectivity index (χ0n) is 15.2. The molecule has 0 bridgehead atoms. The summed E-state index contributed by atoms with van der Waals surface area (Å²) in [7, 11) is 0. The van der Waals surface area contributed by atoms with Crippen LogP contribution in [0.2, 0.25) is 0 Å². The molecule has 1 saturated heterocycles. The Morgan fingerprint density at radius 1 is 1.15 bits per heavy atom. The monoisotopic (exact) mass is 353 g/mol. The number of ether oxygens (including phenoxy) is 1. The van der Waals surface area contributed by atoms with E-state index >= 15 is 0 Å². The van der Waals surface area contributed by atoms with Gasteiger partial charge in [0.25, 0.3) is 0 Å². The summed E-state index contributed by atoms with van der Waals surface area (Å²) in [6, 6.07) is 12.7. The van der Waals surface area contributed by atoms with Gasteiger partial charge in [-0.15, -0.1) is 0 Å². The predicted molar refractivity (Wildman–Crippen MR) is 105 cm³/mol. The van der Waals surface area contributed by atoms with Gasteiger partial charge in [0.05, 0.1) is 11.4 Å². The first kappa shape index (κ1) is 18.3. The summed E-state index contributed by atoms with van der Waals surface area (Å²) >= 11 is 0. The lowest BCUT2D eigenvalue weighted by molar-refractivity contribution is 0.103. The lowest BCUT2D eigenvalue weighted by Gasteiger charge is -2.31. The van der Waals surface area contributed by atoms with Crippen LogP contribution in [0, 0.1) is 0 Å². The molecule has 2 unspecified atom stereocenters. The summed E-state index contributed by atoms with van der Waals surface area (Å²) in [5.41, 5.74) is 13.5. The summed E-state index contributed by atoms with van der Waals surface area (Å²) in [5, 5.41) is 3.55. The van der Waals surface area contributed by atoms with E-state index in [0.717, 1.165) is 25.1 Å². The van der Waals surface area contributed by atoms with Crippen molar-refractivity contribution in [2.24, 2.45) is 0 Å². The number of nitrogens with two attached hydrogens (primary N) is 2. The van der Waals surface area contributed by atoms with E-state index in [1.165, 1.54) is 12.8 Å². The molecular formula is C21H27N3O2. The average molecular weight is 353 g/mol. The van der Waals surface area contributed by atoms with E-state index in [1.54, 1.807) is 30.3 Å². The van der Waals surface area contributed by atoms with Crippen molar-refractivity contribution in [3.63, 3.8) is 0 Å². The predicted octanol–water partition coefficient (Wildman–Crippen LogP) is 3.38. The average Bonchev–Trinajstić information content (AvgIpc) is 2.68. The van der Waals surface area contributed by atoms with Gasteiger partial charge in [-0.2, -0.15) is 0 Å². The minimum absolute atomic E-state index is 0.0917. The van der Waals surface area contributed by atoms with Crippen molar-refractivity contribution >= 4 is 17.2 Å². The summed E-state index contributed by atoms with van der Waals surface area (Å²) in [6.07, 6.45) is 4.61. The maximum atomic E-state index is 12.8. The van der Waals surface area contributed by atoms with Crippen LogP contribution in [0.5, 0.6) is 5.75 Å². The molecule has 3 rings (SSSR count). The topological polar surface area (TPSA) is 90.4 Å². The SMILES string of the molecule is CCC(Oc1cccc(C(=O)c2ccc(N)c(N)c2)c1)C1CCCCN1. The molecule has 138 valence electrons. The van der Waals surface area contributed by atoms with E-state index in [1.807, 2.05) is 12.1 Å². The minimum Gasteiger partial charge on any atom is -0.489 e. The van der Waals surface area contributed by atoms with Crippen molar-refractivity contribution in [3.05, 3.63) is 53.6 Å². The Balaban J connectivity index is 1.76. The minimum atomic E-state index is -0.0917. The largest absolute Gasteiger partial charge is 0.489 e. The molecule has 0 saturated carbocycles. The fourth-order valence-electron chi connectivity index (χ4n) is 3.41. The fourth-order valence-corrected chi connectivity index (χ4v) is 3.41. The normalized spacial score (nSPS) is 18.3. The first-order valence-electron chi connectivity index (χ1n) is 9.28. The quantitative estimate of drug-likeness (QED) is 0.547. The molecule has 2 aromatic rings. The van der Waals surface area contributed by atoms with E-state index in [0.29, 0.717) is 28.5 Å². The number of hydrogen-bond acceptors (Lipinski definition) is 5. The van der Waals surface area contributed by atoms with E-state index < -0.39 is 0 Å². The molecule has 5 N–H and O–H groups in total. The first-order valence-corrected chi connectivity index (χ1v) is 9.28. The second kappa shape index (κ2) is 8.23. The Hall–Kier alpha value is -2.53. The van der Waals surface area contributed by atoms with Crippen molar-refractivity contribution in [2.75, 3.05) is 18.0 Å². The molecule has 5 nitrogen and oxygen atoms in total. The van der Waals surface area contributed by atoms with Gasteiger partial charge >= 0.3 is 0 Å². The van der Waals surface area contributed by atoms with Crippen LogP contribution in [0.4, 0.5) is 11.4 Å². The molecule has 26 heavy (non-hydrogen) atoms. The van der Waals surface area contributed by atoms with Crippen LogP contribution >= 0.6 is 0 Å². The highest BCUT2D eigenvalue weighted by atomic mass is 16.5. The van der Waals surface area contributed by atoms with Gasteiger partial charge in [-0.3, -0.25) is 4.79 Å². The number of benzene rings is 2. The van der Waals surface area contributed by atoms with E-state index in [-0.39, 0.29) is 11.9 Å². The number of hydrogen-bond donors (Lipinski definition) is 3. The second-order valence-corrected chi connectivity index (χ2v) is 6.82. The number of carbonyl (C=O) groups excluding carboxylic acids is 1. The van der Waals surface area contributed by atoms with E-state index in [2.05, 4.69) is 12.2 Å². The third-order valence-electron chi connectivity index (χ3n) is 4.93. The molecule has 1 fully saturated rings. The number of rotatable bonds is 6. The number of carbonyl (C=O) groups is 1. The Labute approximate surface area is 154 Å². The van der Waals surface area contributed by atoms with Crippen LogP contribution in [0.25, 0.3) is 0 Å². The van der Waals surface area contributed by atoms with Crippen LogP contribution < -0.4 is 21.5 Å². The van der Waals surface area contributed by atoms with Gasteiger partial charge in [0.2, 0.25) is 0 Å². The Morgan fingerprint density at radius 2 is 1.96 bits per heavy atom. The molecule has 2 atom stereocenters. The molecule has 2 aromatic carbocycles. The Morgan fingerprint density at radius 3 is 2.65 bits per heavy atom. The van der Waals surface area contributed by atoms with Crippen molar-refractivity contribution in [2.45, 2.75) is 44.8 Å². The number of ketones is 1. The second-order valence-electron chi connectivity index (χ2n) is 6.82. The first-order chi connectivity index (χ1) is 12.6. The zero-order chi connectivity index (χ0) is 18.5. The smallest absolute Gasteiger partial charge is 0.193 e. The van der Waals surface area contributed by atoms with Gasteiger partial charge < -0.3 is 21.5 Å². The van der Waals surface area contributed by atoms with Crippen LogP contribution in [0.15, 0.2) is 42.5 Å². The van der Waals surface area contributed by atoms with Gasteiger partial charge in [0.1, 0.15) is 11.9 Å². The molecule has 0 spiro atoms. The highest BCUT2D eigenvalue weighted by molar-refractivity contribution is 6.10. The van der Waals surface area contributed by atoms with Crippen molar-refractivity contribution in [1.82, 2.24) is 5.32 Å². The summed E-state index contributed by atoms with van der Waals surface area (Å²) < 4.78 is 6.21. The van der Waals surface area contributed by atoms with Gasteiger partial charge in [-0.05, 0) is 56.1 Å². The maximum absolute atomic E-state index is 12.8. The number of nitrogen functional groups attached to an aromatic ring is 2. The van der Waals surface area contributed by atoms with Crippen LogP contribution in [0.1, 0.15) is 48.5 Å². The van der Waals surface area contributed by atoms with E-state index in [4.69, 9.17) is 16.2 Å². The summed E-state index contributed by atoms with van der Waals surface area (Å²) in [6.45, 7) is 3.18. The van der Waals surface area contributed by atoms with Crippen LogP contribution in [0.3, 0.4) is 0 Å². The van der Waals surface area contributed by atoms with Crippen molar-refractivity contribution < 1.29 is 9.53 Å². The highest BCUT2D eigenvalue weighted by Gasteiger charge is 2.23. The molecule has 0 aromatic heterocycles. The maximum Gasteiger partial charge on any atom is 0.193 e. The van der Waals surface area contributed by atoms with Gasteiger partial charge in [-0.1, -0.05) is 25.5 Å². The Bertz CT molecular complexity index is 770. The molecule has 0 radical (unpaired) electrons. The zero-order valence-corrected chi connectivity index (χ0v) is 15.2. The molecule has 1 aliphatic rings. The third kappa shape index (κ3) is 4.17. The van der Waals surface area contributed by atoms with Crippen molar-refractivity contribution in [1.29, 1.82) is 0 Å². The summed E-state index contributed by atoms with van der Waals surface area (Å²) in [4.78, 5) is 12.8. The van der Waals surface area contributed by atoms with Gasteiger partial charge in [0, 0.05) is 17.2 Å². The lowest BCUT2D eigenvalue weighted by atomic mass is 9.98. The molecular weight excluding hydrogens is 326 g/mol. The van der Waals surface area contributed by atoms with Gasteiger partial charge in [-0.25, -0.2) is 0 Å². The highest BCUT2D eigenvalue weighted by Crippen LogP contribution is 2.23. The Kier molecular flexibility index (Phi) is 5.78.